The second kappa shape index (κ2) is 5.00. The van der Waals surface area contributed by atoms with Crippen molar-refractivity contribution < 1.29 is 0 Å². The number of rotatable bonds is 4. The third-order valence-electron chi connectivity index (χ3n) is 5.16. The normalized spacial score (nSPS) is 25.9. The van der Waals surface area contributed by atoms with E-state index >= 15 is 0 Å². The van der Waals surface area contributed by atoms with Crippen molar-refractivity contribution in [1.82, 2.24) is 0 Å². The van der Waals surface area contributed by atoms with Crippen LogP contribution >= 0.6 is 7.26 Å². The van der Waals surface area contributed by atoms with Crippen molar-refractivity contribution in [3.63, 3.8) is 0 Å². The van der Waals surface area contributed by atoms with Crippen LogP contribution in [0.15, 0.2) is 12.7 Å². The molecule has 0 aromatic rings. The molecule has 2 aliphatic carbocycles. The van der Waals surface area contributed by atoms with E-state index in [1.807, 2.05) is 0 Å². The topological polar surface area (TPSA) is 0 Å². The molecule has 2 fully saturated rings. The molecule has 0 aromatic carbocycles. The predicted octanol–water partition coefficient (Wildman–Crippen LogP) is 4.44. The van der Waals surface area contributed by atoms with Gasteiger partial charge in [-0.1, -0.05) is 0 Å². The summed E-state index contributed by atoms with van der Waals surface area (Å²) in [5.74, 6) is 0. The van der Waals surface area contributed by atoms with Crippen LogP contribution in [0.25, 0.3) is 0 Å². The summed E-state index contributed by atoms with van der Waals surface area (Å²) in [6.07, 6.45) is 15.9. The minimum atomic E-state index is -1.00. The maximum absolute atomic E-state index is 4.02. The van der Waals surface area contributed by atoms with E-state index in [1.165, 1.54) is 31.8 Å². The summed E-state index contributed by atoms with van der Waals surface area (Å²) in [6, 6.07) is 0. The Morgan fingerprint density at radius 3 is 1.73 bits per heavy atom. The van der Waals surface area contributed by atoms with E-state index in [1.54, 1.807) is 25.7 Å². The van der Waals surface area contributed by atoms with Gasteiger partial charge in [-0.2, -0.15) is 0 Å². The van der Waals surface area contributed by atoms with E-state index in [0.29, 0.717) is 0 Å². The van der Waals surface area contributed by atoms with Gasteiger partial charge in [0.05, 0.1) is 0 Å². The average Bonchev–Trinajstić information content (AvgIpc) is 2.92. The Hall–Kier alpha value is 0.170. The van der Waals surface area contributed by atoms with Crippen molar-refractivity contribution >= 4 is 7.26 Å². The van der Waals surface area contributed by atoms with Crippen LogP contribution in [0, 0.1) is 0 Å². The van der Waals surface area contributed by atoms with Gasteiger partial charge in [0, 0.05) is 0 Å². The Morgan fingerprint density at radius 2 is 1.40 bits per heavy atom. The molecular formula is C14H27P. The van der Waals surface area contributed by atoms with Gasteiger partial charge >= 0.3 is 95.4 Å². The van der Waals surface area contributed by atoms with E-state index in [-0.39, 0.29) is 0 Å². The molecule has 0 saturated heterocycles. The van der Waals surface area contributed by atoms with Crippen LogP contribution in [0.2, 0.25) is 0 Å². The number of hydrogen-bond acceptors (Lipinski definition) is 0. The molecule has 2 saturated carbocycles. The molecule has 2 aliphatic rings. The molecular weight excluding hydrogens is 199 g/mol. The molecule has 2 rings (SSSR count). The summed E-state index contributed by atoms with van der Waals surface area (Å²) in [7, 11) is -1.00. The van der Waals surface area contributed by atoms with Crippen molar-refractivity contribution in [3.8, 4) is 0 Å². The van der Waals surface area contributed by atoms with Crippen molar-refractivity contribution in [1.29, 1.82) is 0 Å². The molecule has 0 radical (unpaired) electrons. The summed E-state index contributed by atoms with van der Waals surface area (Å²) in [4.78, 5) is 0. The number of allylic oxidation sites excluding steroid dienone is 1. The fourth-order valence-electron chi connectivity index (χ4n) is 4.15. The maximum atomic E-state index is 4.02. The molecule has 15 heavy (non-hydrogen) atoms. The van der Waals surface area contributed by atoms with Gasteiger partial charge in [-0.3, -0.25) is 0 Å². The van der Waals surface area contributed by atoms with Crippen LogP contribution in [0.3, 0.4) is 0 Å². The molecule has 0 heterocycles. The second-order valence-corrected chi connectivity index (χ2v) is 11.0. The Morgan fingerprint density at radius 1 is 1.00 bits per heavy atom. The van der Waals surface area contributed by atoms with E-state index in [4.69, 9.17) is 0 Å². The quantitative estimate of drug-likeness (QED) is 0.491. The van der Waals surface area contributed by atoms with Crippen LogP contribution < -0.4 is 0 Å². The van der Waals surface area contributed by atoms with E-state index in [2.05, 4.69) is 19.3 Å². The molecule has 0 unspecified atom stereocenters. The molecule has 88 valence electrons. The van der Waals surface area contributed by atoms with Gasteiger partial charge in [0.25, 0.3) is 0 Å². The molecule has 0 spiro atoms. The van der Waals surface area contributed by atoms with Crippen LogP contribution in [0.1, 0.15) is 51.4 Å². The standard InChI is InChI=1S/C14H27P/c1-3-12-15(2,13-8-4-5-9-13)14-10-6-7-11-14/h3,13-15H,1,4-12H2,2H3. The molecule has 0 aliphatic heterocycles. The molecule has 0 amide bonds. The van der Waals surface area contributed by atoms with Gasteiger partial charge in [0.15, 0.2) is 0 Å². The third-order valence-corrected chi connectivity index (χ3v) is 11.2. The Balaban J connectivity index is 2.09. The van der Waals surface area contributed by atoms with E-state index in [0.717, 1.165) is 11.3 Å². The fraction of sp³-hybridized carbons (Fsp3) is 0.857. The molecule has 1 heteroatoms. The van der Waals surface area contributed by atoms with Gasteiger partial charge in [-0.05, 0) is 0 Å². The Labute approximate surface area is 95.9 Å². The first-order valence-electron chi connectivity index (χ1n) is 6.88. The SMILES string of the molecule is C=CC[PH](C)(C1CCCC1)C1CCCC1. The third kappa shape index (κ3) is 2.31. The Bertz CT molecular complexity index is 193. The van der Waals surface area contributed by atoms with Gasteiger partial charge in [0.1, 0.15) is 0 Å². The number of hydrogen-bond donors (Lipinski definition) is 0. The van der Waals surface area contributed by atoms with Gasteiger partial charge in [-0.15, -0.1) is 0 Å². The van der Waals surface area contributed by atoms with Gasteiger partial charge < -0.3 is 0 Å². The van der Waals surface area contributed by atoms with Crippen molar-refractivity contribution in [3.05, 3.63) is 12.7 Å². The fourth-order valence-corrected chi connectivity index (χ4v) is 9.56. The first-order valence-corrected chi connectivity index (χ1v) is 9.74. The van der Waals surface area contributed by atoms with Crippen molar-refractivity contribution in [2.75, 3.05) is 12.8 Å². The zero-order valence-electron chi connectivity index (χ0n) is 10.3. The summed E-state index contributed by atoms with van der Waals surface area (Å²) in [5, 5.41) is 0. The monoisotopic (exact) mass is 226 g/mol. The van der Waals surface area contributed by atoms with Crippen LogP contribution in [0.5, 0.6) is 0 Å². The predicted molar refractivity (Wildman–Crippen MR) is 73.8 cm³/mol. The van der Waals surface area contributed by atoms with E-state index in [9.17, 15) is 0 Å². The zero-order chi connectivity index (χ0) is 10.7. The molecule has 0 bridgehead atoms. The van der Waals surface area contributed by atoms with Crippen LogP contribution in [-0.4, -0.2) is 24.1 Å². The first kappa shape index (κ1) is 11.6. The average molecular weight is 226 g/mol. The Kier molecular flexibility index (Phi) is 3.88. The minimum absolute atomic E-state index is 1.00. The first-order chi connectivity index (χ1) is 7.27. The molecule has 0 nitrogen and oxygen atoms in total. The van der Waals surface area contributed by atoms with Gasteiger partial charge in [0.2, 0.25) is 0 Å². The molecule has 0 aromatic heterocycles. The zero-order valence-corrected chi connectivity index (χ0v) is 11.3. The van der Waals surface area contributed by atoms with E-state index < -0.39 is 7.26 Å². The molecule has 0 atom stereocenters. The molecule has 0 N–H and O–H groups in total. The summed E-state index contributed by atoms with van der Waals surface area (Å²) >= 11 is 0. The summed E-state index contributed by atoms with van der Waals surface area (Å²) in [6.45, 7) is 6.72. The van der Waals surface area contributed by atoms with Crippen LogP contribution in [-0.2, 0) is 0 Å². The summed E-state index contributed by atoms with van der Waals surface area (Å²) in [5.41, 5.74) is 2.28. The van der Waals surface area contributed by atoms with Gasteiger partial charge in [-0.25, -0.2) is 0 Å². The summed E-state index contributed by atoms with van der Waals surface area (Å²) < 4.78 is 0. The van der Waals surface area contributed by atoms with Crippen LogP contribution in [0.4, 0.5) is 0 Å². The second-order valence-electron chi connectivity index (χ2n) is 5.96. The van der Waals surface area contributed by atoms with Crippen molar-refractivity contribution in [2.24, 2.45) is 0 Å². The van der Waals surface area contributed by atoms with Crippen molar-refractivity contribution in [2.45, 2.75) is 62.7 Å².